The largest absolute Gasteiger partial charge is 0.494 e. The summed E-state index contributed by atoms with van der Waals surface area (Å²) in [6.45, 7) is 4.77. The van der Waals surface area contributed by atoms with Crippen LogP contribution >= 0.6 is 23.4 Å². The summed E-state index contributed by atoms with van der Waals surface area (Å²) in [7, 11) is -0.872. The highest BCUT2D eigenvalue weighted by atomic mass is 35.5. The molecule has 0 fully saturated rings. The molecule has 0 heterocycles. The summed E-state index contributed by atoms with van der Waals surface area (Å²) in [5.74, 6) is 1.90. The van der Waals surface area contributed by atoms with Gasteiger partial charge in [0.05, 0.1) is 23.5 Å². The molecule has 2 aromatic rings. The minimum atomic E-state index is -3.72. The van der Waals surface area contributed by atoms with Gasteiger partial charge >= 0.3 is 0 Å². The van der Waals surface area contributed by atoms with E-state index in [-0.39, 0.29) is 21.1 Å². The minimum Gasteiger partial charge on any atom is -0.494 e. The van der Waals surface area contributed by atoms with Crippen LogP contribution in [-0.2, 0) is 14.8 Å². The van der Waals surface area contributed by atoms with Crippen molar-refractivity contribution >= 4 is 45.0 Å². The van der Waals surface area contributed by atoms with E-state index in [0.717, 1.165) is 15.8 Å². The summed E-state index contributed by atoms with van der Waals surface area (Å²) in [6.07, 6.45) is 0. The van der Waals surface area contributed by atoms with Gasteiger partial charge in [-0.1, -0.05) is 11.6 Å². The molecule has 0 spiro atoms. The number of amides is 1. The van der Waals surface area contributed by atoms with Gasteiger partial charge in [0, 0.05) is 25.5 Å². The number of benzene rings is 2. The van der Waals surface area contributed by atoms with Gasteiger partial charge in [0.2, 0.25) is 15.9 Å². The van der Waals surface area contributed by atoms with Crippen LogP contribution in [0.1, 0.15) is 13.8 Å². The average Bonchev–Trinajstić information content (AvgIpc) is 2.73. The number of carbonyl (C=O) groups is 1. The molecule has 2 aromatic carbocycles. The first-order chi connectivity index (χ1) is 14.6. The van der Waals surface area contributed by atoms with Crippen LogP contribution in [-0.4, -0.2) is 56.9 Å². The maximum atomic E-state index is 12.5. The van der Waals surface area contributed by atoms with E-state index in [1.165, 1.54) is 38.0 Å². The molecule has 0 bridgehead atoms. The van der Waals surface area contributed by atoms with E-state index in [1.807, 2.05) is 31.2 Å². The van der Waals surface area contributed by atoms with Crippen LogP contribution in [0.4, 0.5) is 5.69 Å². The third kappa shape index (κ3) is 7.31. The summed E-state index contributed by atoms with van der Waals surface area (Å²) in [4.78, 5) is 12.4. The molecule has 1 atom stereocenters. The number of carbonyl (C=O) groups excluding carboxylic acids is 1. The fourth-order valence-electron chi connectivity index (χ4n) is 2.48. The lowest BCUT2D eigenvalue weighted by molar-refractivity contribution is -0.115. The molecule has 170 valence electrons. The predicted molar refractivity (Wildman–Crippen MR) is 126 cm³/mol. The molecular weight excluding hydrogens is 460 g/mol. The lowest BCUT2D eigenvalue weighted by Gasteiger charge is -2.16. The van der Waals surface area contributed by atoms with Crippen LogP contribution in [0.3, 0.4) is 0 Å². The number of thioether (sulfide) groups is 1. The zero-order valence-electron chi connectivity index (χ0n) is 17.9. The quantitative estimate of drug-likeness (QED) is 0.481. The summed E-state index contributed by atoms with van der Waals surface area (Å²) >= 11 is 7.48. The van der Waals surface area contributed by atoms with Crippen LogP contribution in [0.15, 0.2) is 47.4 Å². The second-order valence-corrected chi connectivity index (χ2v) is 10.7. The molecule has 1 amide bonds. The Kier molecular flexibility index (Phi) is 9.49. The molecule has 0 unspecified atom stereocenters. The molecule has 7 nitrogen and oxygen atoms in total. The molecule has 2 rings (SSSR count). The van der Waals surface area contributed by atoms with Gasteiger partial charge in [-0.15, -0.1) is 11.8 Å². The molecular formula is C21H27ClN2O5S2. The van der Waals surface area contributed by atoms with E-state index < -0.39 is 10.0 Å². The van der Waals surface area contributed by atoms with Crippen molar-refractivity contribution in [2.24, 2.45) is 0 Å². The average molecular weight is 487 g/mol. The van der Waals surface area contributed by atoms with E-state index in [2.05, 4.69) is 5.32 Å². The molecule has 0 saturated carbocycles. The lowest BCUT2D eigenvalue weighted by Crippen LogP contribution is -2.25. The zero-order chi connectivity index (χ0) is 23.0. The Morgan fingerprint density at radius 1 is 1.13 bits per heavy atom. The summed E-state index contributed by atoms with van der Waals surface area (Å²) in [6, 6.07) is 11.8. The summed E-state index contributed by atoms with van der Waals surface area (Å²) < 4.78 is 36.9. The maximum absolute atomic E-state index is 12.5. The monoisotopic (exact) mass is 486 g/mol. The standard InChI is InChI=1S/C21H27ClN2O5S2/c1-5-28-17-7-9-18(10-8-17)29-12-13-30-15(2)21(25)23-16-6-11-19(22)20(14-16)31(26,27)24(3)4/h6-11,14-15H,5,12-13H2,1-4H3,(H,23,25)/t15-/m1/s1. The number of nitrogens with one attached hydrogen (secondary N) is 1. The number of nitrogens with zero attached hydrogens (tertiary/aromatic N) is 1. The Bertz CT molecular complexity index is 982. The summed E-state index contributed by atoms with van der Waals surface area (Å²) in [5, 5.41) is 2.49. The first-order valence-electron chi connectivity index (χ1n) is 9.65. The highest BCUT2D eigenvalue weighted by molar-refractivity contribution is 8.00. The topological polar surface area (TPSA) is 84.9 Å². The smallest absolute Gasteiger partial charge is 0.244 e. The van der Waals surface area contributed by atoms with E-state index in [0.29, 0.717) is 24.7 Å². The number of rotatable bonds is 11. The molecule has 0 aliphatic carbocycles. The van der Waals surface area contributed by atoms with Crippen molar-refractivity contribution in [3.8, 4) is 11.5 Å². The first-order valence-corrected chi connectivity index (χ1v) is 12.5. The van der Waals surface area contributed by atoms with Crippen molar-refractivity contribution in [2.75, 3.05) is 38.4 Å². The highest BCUT2D eigenvalue weighted by Gasteiger charge is 2.22. The molecule has 1 N–H and O–H groups in total. The first kappa shape index (κ1) is 25.3. The van der Waals surface area contributed by atoms with E-state index in [1.54, 1.807) is 13.0 Å². The van der Waals surface area contributed by atoms with Crippen LogP contribution < -0.4 is 14.8 Å². The Balaban J connectivity index is 1.86. The van der Waals surface area contributed by atoms with Crippen LogP contribution in [0, 0.1) is 0 Å². The Hall–Kier alpha value is -1.94. The lowest BCUT2D eigenvalue weighted by atomic mass is 10.3. The van der Waals surface area contributed by atoms with E-state index in [9.17, 15) is 13.2 Å². The highest BCUT2D eigenvalue weighted by Crippen LogP contribution is 2.27. The van der Waals surface area contributed by atoms with Crippen LogP contribution in [0.2, 0.25) is 5.02 Å². The molecule has 10 heteroatoms. The number of sulfonamides is 1. The third-order valence-electron chi connectivity index (χ3n) is 4.18. The number of hydrogen-bond acceptors (Lipinski definition) is 6. The molecule has 0 saturated heterocycles. The van der Waals surface area contributed by atoms with Crippen molar-refractivity contribution in [1.29, 1.82) is 0 Å². The van der Waals surface area contributed by atoms with E-state index >= 15 is 0 Å². The Morgan fingerprint density at radius 3 is 2.32 bits per heavy atom. The second kappa shape index (κ2) is 11.6. The van der Waals surface area contributed by atoms with Crippen molar-refractivity contribution < 1.29 is 22.7 Å². The number of anilines is 1. The fourth-order valence-corrected chi connectivity index (χ4v) is 4.62. The molecule has 0 aliphatic rings. The van der Waals surface area contributed by atoms with Crippen LogP contribution in [0.5, 0.6) is 11.5 Å². The zero-order valence-corrected chi connectivity index (χ0v) is 20.3. The third-order valence-corrected chi connectivity index (χ3v) is 7.59. The number of ether oxygens (including phenoxy) is 2. The Labute approximate surface area is 193 Å². The molecule has 0 radical (unpaired) electrons. The number of hydrogen-bond donors (Lipinski definition) is 1. The van der Waals surface area contributed by atoms with Gasteiger partial charge < -0.3 is 14.8 Å². The van der Waals surface area contributed by atoms with Crippen LogP contribution in [0.25, 0.3) is 0 Å². The van der Waals surface area contributed by atoms with Crippen molar-refractivity contribution in [2.45, 2.75) is 24.0 Å². The summed E-state index contributed by atoms with van der Waals surface area (Å²) in [5.41, 5.74) is 0.368. The van der Waals surface area contributed by atoms with Gasteiger partial charge in [0.15, 0.2) is 0 Å². The predicted octanol–water partition coefficient (Wildman–Crippen LogP) is 4.13. The van der Waals surface area contributed by atoms with Crippen molar-refractivity contribution in [1.82, 2.24) is 4.31 Å². The Morgan fingerprint density at radius 2 is 1.74 bits per heavy atom. The normalized spacial score (nSPS) is 12.5. The van der Waals surface area contributed by atoms with Gasteiger partial charge in [-0.05, 0) is 56.3 Å². The second-order valence-electron chi connectivity index (χ2n) is 6.69. The van der Waals surface area contributed by atoms with Crippen molar-refractivity contribution in [3.63, 3.8) is 0 Å². The molecule has 31 heavy (non-hydrogen) atoms. The maximum Gasteiger partial charge on any atom is 0.244 e. The van der Waals surface area contributed by atoms with Gasteiger partial charge in [0.1, 0.15) is 16.4 Å². The van der Waals surface area contributed by atoms with Gasteiger partial charge in [-0.2, -0.15) is 0 Å². The van der Waals surface area contributed by atoms with E-state index in [4.69, 9.17) is 21.1 Å². The minimum absolute atomic E-state index is 0.0546. The fraction of sp³-hybridized carbons (Fsp3) is 0.381. The van der Waals surface area contributed by atoms with Gasteiger partial charge in [-0.25, -0.2) is 12.7 Å². The molecule has 0 aliphatic heterocycles. The van der Waals surface area contributed by atoms with Crippen molar-refractivity contribution in [3.05, 3.63) is 47.5 Å². The SMILES string of the molecule is CCOc1ccc(OCCS[C@H](C)C(=O)Nc2ccc(Cl)c(S(=O)(=O)N(C)C)c2)cc1. The van der Waals surface area contributed by atoms with Gasteiger partial charge in [0.25, 0.3) is 0 Å². The number of halogens is 1. The van der Waals surface area contributed by atoms with Gasteiger partial charge in [-0.3, -0.25) is 4.79 Å². The molecule has 0 aromatic heterocycles.